The van der Waals surface area contributed by atoms with E-state index in [1.807, 2.05) is 27.1 Å². The minimum atomic E-state index is -0.0744. The highest BCUT2D eigenvalue weighted by atomic mass is 35.5. The van der Waals surface area contributed by atoms with E-state index >= 15 is 0 Å². The topological polar surface area (TPSA) is 32.3 Å². The number of rotatable bonds is 3. The van der Waals surface area contributed by atoms with Gasteiger partial charge in [-0.15, -0.1) is 0 Å². The Hall–Kier alpha value is -0.780. The molecule has 0 aromatic heterocycles. The summed E-state index contributed by atoms with van der Waals surface area (Å²) in [5.41, 5.74) is 1.72. The second-order valence-corrected chi connectivity index (χ2v) is 6.00. The van der Waals surface area contributed by atoms with Crippen LogP contribution < -0.4 is 5.32 Å². The van der Waals surface area contributed by atoms with Crippen molar-refractivity contribution in [1.29, 1.82) is 0 Å². The van der Waals surface area contributed by atoms with Gasteiger partial charge in [0.25, 0.3) is 0 Å². The van der Waals surface area contributed by atoms with Crippen molar-refractivity contribution in [2.45, 2.75) is 6.92 Å². The molecule has 98 valence electrons. The molecule has 1 N–H and O–H groups in total. The van der Waals surface area contributed by atoms with Crippen LogP contribution in [0.15, 0.2) is 18.2 Å². The quantitative estimate of drug-likeness (QED) is 0.869. The Bertz CT molecular complexity index is 463. The molecule has 0 saturated heterocycles. The molecule has 0 aliphatic heterocycles. The number of aryl methyl sites for hydroxylation is 1. The average molecular weight is 303 g/mol. The summed E-state index contributed by atoms with van der Waals surface area (Å²) in [6, 6.07) is 5.36. The lowest BCUT2D eigenvalue weighted by atomic mass is 10.2. The summed E-state index contributed by atoms with van der Waals surface area (Å²) in [5.74, 6) is 0.230. The second-order valence-electron chi connectivity index (χ2n) is 3.96. The van der Waals surface area contributed by atoms with Crippen molar-refractivity contribution in [3.05, 3.63) is 28.8 Å². The number of hydrogen-bond acceptors (Lipinski definition) is 3. The molecule has 0 aliphatic rings. The fourth-order valence-corrected chi connectivity index (χ4v) is 2.20. The predicted molar refractivity (Wildman–Crippen MR) is 83.6 cm³/mol. The molecule has 1 amide bonds. The number of thiocarbonyl (C=S) groups is 1. The number of thioether (sulfide) groups is 1. The van der Waals surface area contributed by atoms with Crippen molar-refractivity contribution in [1.82, 2.24) is 4.90 Å². The number of carbonyl (C=O) groups excluding carboxylic acids is 1. The van der Waals surface area contributed by atoms with E-state index in [-0.39, 0.29) is 5.91 Å². The van der Waals surface area contributed by atoms with E-state index in [1.165, 1.54) is 11.8 Å². The molecule has 0 radical (unpaired) electrons. The summed E-state index contributed by atoms with van der Waals surface area (Å²) in [6.07, 6.45) is 0. The molecule has 0 atom stereocenters. The van der Waals surface area contributed by atoms with Gasteiger partial charge in [0.05, 0.1) is 5.75 Å². The van der Waals surface area contributed by atoms with Crippen LogP contribution in [0.4, 0.5) is 5.69 Å². The van der Waals surface area contributed by atoms with Gasteiger partial charge in [0.1, 0.15) is 4.32 Å². The highest BCUT2D eigenvalue weighted by molar-refractivity contribution is 8.23. The maximum absolute atomic E-state index is 11.7. The molecule has 0 spiro atoms. The highest BCUT2D eigenvalue weighted by Gasteiger charge is 2.08. The van der Waals surface area contributed by atoms with E-state index in [0.29, 0.717) is 15.1 Å². The zero-order valence-corrected chi connectivity index (χ0v) is 12.9. The molecule has 0 bridgehead atoms. The molecule has 1 rings (SSSR count). The number of carbonyl (C=O) groups is 1. The molecule has 18 heavy (non-hydrogen) atoms. The molecule has 3 nitrogen and oxygen atoms in total. The third kappa shape index (κ3) is 4.84. The highest BCUT2D eigenvalue weighted by Crippen LogP contribution is 2.19. The zero-order valence-electron chi connectivity index (χ0n) is 10.5. The maximum atomic E-state index is 11.7. The Kier molecular flexibility index (Phi) is 5.91. The van der Waals surface area contributed by atoms with Crippen LogP contribution in [0.5, 0.6) is 0 Å². The summed E-state index contributed by atoms with van der Waals surface area (Å²) in [5, 5.41) is 3.50. The standard InChI is InChI=1S/C12H15ClN2OS2/c1-8-6-9(13)4-5-10(8)14-11(16)7-18-12(17)15(2)3/h4-6H,7H2,1-3H3,(H,14,16). The summed E-state index contributed by atoms with van der Waals surface area (Å²) >= 11 is 12.3. The first-order valence-corrected chi connectivity index (χ1v) is 7.07. The maximum Gasteiger partial charge on any atom is 0.234 e. The van der Waals surface area contributed by atoms with E-state index in [1.54, 1.807) is 17.0 Å². The number of halogens is 1. The van der Waals surface area contributed by atoms with E-state index in [2.05, 4.69) is 5.32 Å². The van der Waals surface area contributed by atoms with Crippen LogP contribution in [0, 0.1) is 6.92 Å². The summed E-state index contributed by atoms with van der Waals surface area (Å²) in [4.78, 5) is 13.5. The van der Waals surface area contributed by atoms with Crippen LogP contribution in [0.1, 0.15) is 5.56 Å². The van der Waals surface area contributed by atoms with Crippen LogP contribution in [-0.2, 0) is 4.79 Å². The molecule has 0 unspecified atom stereocenters. The average Bonchev–Trinajstić information content (AvgIpc) is 2.29. The van der Waals surface area contributed by atoms with Crippen LogP contribution in [0.3, 0.4) is 0 Å². The van der Waals surface area contributed by atoms with Crippen molar-refractivity contribution in [2.24, 2.45) is 0 Å². The molecule has 1 aromatic rings. The van der Waals surface area contributed by atoms with E-state index in [0.717, 1.165) is 11.3 Å². The lowest BCUT2D eigenvalue weighted by molar-refractivity contribution is -0.113. The molecule has 0 heterocycles. The number of anilines is 1. The van der Waals surface area contributed by atoms with Gasteiger partial charge in [-0.25, -0.2) is 0 Å². The van der Waals surface area contributed by atoms with Crippen LogP contribution in [0.25, 0.3) is 0 Å². The molecular formula is C12H15ClN2OS2. The third-order valence-corrected chi connectivity index (χ3v) is 4.13. The van der Waals surface area contributed by atoms with Gasteiger partial charge in [-0.3, -0.25) is 4.79 Å². The van der Waals surface area contributed by atoms with Gasteiger partial charge in [0.2, 0.25) is 5.91 Å². The fourth-order valence-electron chi connectivity index (χ4n) is 1.21. The summed E-state index contributed by atoms with van der Waals surface area (Å²) in [6.45, 7) is 1.90. The Morgan fingerprint density at radius 1 is 1.50 bits per heavy atom. The van der Waals surface area contributed by atoms with E-state index < -0.39 is 0 Å². The third-order valence-electron chi connectivity index (χ3n) is 2.15. The summed E-state index contributed by atoms with van der Waals surface area (Å²) in [7, 11) is 3.72. The number of amides is 1. The minimum absolute atomic E-state index is 0.0744. The van der Waals surface area contributed by atoms with Crippen LogP contribution in [-0.4, -0.2) is 35.0 Å². The minimum Gasteiger partial charge on any atom is -0.364 e. The Labute approximate surface area is 122 Å². The van der Waals surface area contributed by atoms with Gasteiger partial charge in [0.15, 0.2) is 0 Å². The Balaban J connectivity index is 2.52. The first kappa shape index (κ1) is 15.3. The van der Waals surface area contributed by atoms with Crippen molar-refractivity contribution < 1.29 is 4.79 Å². The Morgan fingerprint density at radius 3 is 2.72 bits per heavy atom. The number of nitrogens with one attached hydrogen (secondary N) is 1. The largest absolute Gasteiger partial charge is 0.364 e. The van der Waals surface area contributed by atoms with Gasteiger partial charge in [-0.1, -0.05) is 35.6 Å². The smallest absolute Gasteiger partial charge is 0.234 e. The molecular weight excluding hydrogens is 288 g/mol. The number of hydrogen-bond donors (Lipinski definition) is 1. The first-order valence-electron chi connectivity index (χ1n) is 5.30. The predicted octanol–water partition coefficient (Wildman–Crippen LogP) is 3.17. The van der Waals surface area contributed by atoms with Gasteiger partial charge in [-0.2, -0.15) is 0 Å². The SMILES string of the molecule is Cc1cc(Cl)ccc1NC(=O)CSC(=S)N(C)C. The van der Waals surface area contributed by atoms with Gasteiger partial charge >= 0.3 is 0 Å². The lowest BCUT2D eigenvalue weighted by Crippen LogP contribution is -2.21. The van der Waals surface area contributed by atoms with Gasteiger partial charge < -0.3 is 10.2 Å². The molecule has 6 heteroatoms. The van der Waals surface area contributed by atoms with E-state index in [4.69, 9.17) is 23.8 Å². The molecule has 0 fully saturated rings. The molecule has 0 saturated carbocycles. The second kappa shape index (κ2) is 6.97. The number of benzene rings is 1. The monoisotopic (exact) mass is 302 g/mol. The van der Waals surface area contributed by atoms with Crippen LogP contribution in [0.2, 0.25) is 5.02 Å². The lowest BCUT2D eigenvalue weighted by Gasteiger charge is -2.13. The van der Waals surface area contributed by atoms with Crippen molar-refractivity contribution in [3.8, 4) is 0 Å². The summed E-state index contributed by atoms with van der Waals surface area (Å²) < 4.78 is 0.693. The van der Waals surface area contributed by atoms with Gasteiger partial charge in [-0.05, 0) is 30.7 Å². The van der Waals surface area contributed by atoms with Crippen molar-refractivity contribution in [2.75, 3.05) is 25.2 Å². The van der Waals surface area contributed by atoms with Crippen LogP contribution >= 0.6 is 35.6 Å². The normalized spacial score (nSPS) is 10.0. The van der Waals surface area contributed by atoms with Crippen molar-refractivity contribution >= 4 is 51.5 Å². The first-order chi connectivity index (χ1) is 8.40. The van der Waals surface area contributed by atoms with E-state index in [9.17, 15) is 4.79 Å². The molecule has 0 aliphatic carbocycles. The Morgan fingerprint density at radius 2 is 2.17 bits per heavy atom. The zero-order chi connectivity index (χ0) is 13.7. The molecule has 1 aromatic carbocycles. The number of nitrogens with zero attached hydrogens (tertiary/aromatic N) is 1. The van der Waals surface area contributed by atoms with Crippen molar-refractivity contribution in [3.63, 3.8) is 0 Å². The van der Waals surface area contributed by atoms with Gasteiger partial charge in [0, 0.05) is 24.8 Å². The fraction of sp³-hybridized carbons (Fsp3) is 0.333.